The Kier molecular flexibility index (Phi) is 18.8. The van der Waals surface area contributed by atoms with Crippen molar-refractivity contribution in [2.45, 2.75) is 122 Å². The molecule has 148 valence electrons. The number of carboxylic acid groups (broad SMARTS) is 1. The summed E-state index contributed by atoms with van der Waals surface area (Å²) in [5.74, 6) is -0.670. The normalized spacial score (nSPS) is 12.7. The topological polar surface area (TPSA) is 57.5 Å². The van der Waals surface area contributed by atoms with E-state index in [-0.39, 0.29) is 6.10 Å². The zero-order chi connectivity index (χ0) is 18.6. The number of carbonyl (C=O) groups is 1. The smallest absolute Gasteiger partial charge is 0.303 e. The van der Waals surface area contributed by atoms with Crippen LogP contribution in [0.1, 0.15) is 116 Å². The molecule has 0 amide bonds. The Morgan fingerprint density at radius 3 is 1.84 bits per heavy atom. The number of hydrogen-bond acceptors (Lipinski definition) is 2. The largest absolute Gasteiger partial charge is 0.481 e. The van der Waals surface area contributed by atoms with Crippen LogP contribution in [-0.4, -0.2) is 22.3 Å². The molecule has 25 heavy (non-hydrogen) atoms. The van der Waals surface area contributed by atoms with Gasteiger partial charge in [0.2, 0.25) is 0 Å². The number of aliphatic hydroxyl groups is 1. The van der Waals surface area contributed by atoms with E-state index in [2.05, 4.69) is 19.1 Å². The molecule has 1 unspecified atom stereocenters. The summed E-state index contributed by atoms with van der Waals surface area (Å²) in [6.07, 6.45) is 23.1. The van der Waals surface area contributed by atoms with Crippen LogP contribution in [0.15, 0.2) is 12.2 Å². The maximum atomic E-state index is 10.4. The Morgan fingerprint density at radius 2 is 1.32 bits per heavy atom. The van der Waals surface area contributed by atoms with Crippen molar-refractivity contribution in [2.24, 2.45) is 0 Å². The highest BCUT2D eigenvalue weighted by molar-refractivity contribution is 5.66. The van der Waals surface area contributed by atoms with E-state index in [1.807, 2.05) is 0 Å². The van der Waals surface area contributed by atoms with Crippen molar-refractivity contribution in [3.05, 3.63) is 12.2 Å². The summed E-state index contributed by atoms with van der Waals surface area (Å²) >= 11 is 0. The molecule has 0 aliphatic heterocycles. The van der Waals surface area contributed by atoms with Crippen LogP contribution in [0, 0.1) is 0 Å². The molecule has 3 heteroatoms. The zero-order valence-corrected chi connectivity index (χ0v) is 16.6. The maximum absolute atomic E-state index is 10.4. The van der Waals surface area contributed by atoms with Gasteiger partial charge in [0.1, 0.15) is 0 Å². The van der Waals surface area contributed by atoms with Gasteiger partial charge >= 0.3 is 5.97 Å². The first-order valence-electron chi connectivity index (χ1n) is 10.7. The molecule has 1 atom stereocenters. The molecule has 0 aromatic rings. The summed E-state index contributed by atoms with van der Waals surface area (Å²) in [4.78, 5) is 10.4. The standard InChI is InChI=1S/C22H42O3/c1-2-3-4-12-15-18-21(23)19-16-13-10-8-6-5-7-9-11-14-17-20-22(24)25/h12,15,21,23H,2-11,13-14,16-20H2,1H3,(H,24,25). The summed E-state index contributed by atoms with van der Waals surface area (Å²) in [6, 6.07) is 0. The number of rotatable bonds is 19. The van der Waals surface area contributed by atoms with E-state index < -0.39 is 5.97 Å². The van der Waals surface area contributed by atoms with E-state index in [1.54, 1.807) is 0 Å². The minimum absolute atomic E-state index is 0.154. The van der Waals surface area contributed by atoms with Crippen LogP contribution >= 0.6 is 0 Å². The van der Waals surface area contributed by atoms with E-state index in [9.17, 15) is 9.90 Å². The lowest BCUT2D eigenvalue weighted by atomic mass is 10.0. The number of allylic oxidation sites excluding steroid dienone is 1. The summed E-state index contributed by atoms with van der Waals surface area (Å²) < 4.78 is 0. The third kappa shape index (κ3) is 21.1. The number of carboxylic acids is 1. The molecule has 0 aliphatic carbocycles. The Labute approximate surface area is 155 Å². The fourth-order valence-electron chi connectivity index (χ4n) is 3.06. The van der Waals surface area contributed by atoms with E-state index in [0.29, 0.717) is 6.42 Å². The van der Waals surface area contributed by atoms with E-state index in [0.717, 1.165) is 38.5 Å². The lowest BCUT2D eigenvalue weighted by molar-refractivity contribution is -0.137. The van der Waals surface area contributed by atoms with Gasteiger partial charge in [0.25, 0.3) is 0 Å². The molecule has 0 bridgehead atoms. The third-order valence-electron chi connectivity index (χ3n) is 4.73. The van der Waals surface area contributed by atoms with Gasteiger partial charge in [-0.25, -0.2) is 0 Å². The molecule has 0 rings (SSSR count). The van der Waals surface area contributed by atoms with Gasteiger partial charge in [-0.05, 0) is 25.7 Å². The lowest BCUT2D eigenvalue weighted by Gasteiger charge is -2.07. The van der Waals surface area contributed by atoms with Crippen LogP contribution in [0.3, 0.4) is 0 Å². The van der Waals surface area contributed by atoms with Gasteiger partial charge in [0.15, 0.2) is 0 Å². The SMILES string of the molecule is CCCCC=CCC(O)CCCCCCCCCCCCCC(=O)O. The second-order valence-corrected chi connectivity index (χ2v) is 7.32. The quantitative estimate of drug-likeness (QED) is 0.202. The van der Waals surface area contributed by atoms with Crippen LogP contribution in [0.2, 0.25) is 0 Å². The molecule has 0 saturated carbocycles. The molecule has 0 heterocycles. The van der Waals surface area contributed by atoms with Crippen molar-refractivity contribution in [3.8, 4) is 0 Å². The fraction of sp³-hybridized carbons (Fsp3) is 0.864. The highest BCUT2D eigenvalue weighted by atomic mass is 16.4. The average Bonchev–Trinajstić information content (AvgIpc) is 2.58. The molecule has 0 aromatic heterocycles. The van der Waals surface area contributed by atoms with Gasteiger partial charge in [0, 0.05) is 6.42 Å². The summed E-state index contributed by atoms with van der Waals surface area (Å²) in [7, 11) is 0. The number of aliphatic hydroxyl groups excluding tert-OH is 1. The highest BCUT2D eigenvalue weighted by Gasteiger charge is 2.01. The minimum atomic E-state index is -0.670. The second-order valence-electron chi connectivity index (χ2n) is 7.32. The predicted molar refractivity (Wildman–Crippen MR) is 107 cm³/mol. The van der Waals surface area contributed by atoms with Crippen LogP contribution in [-0.2, 0) is 4.79 Å². The molecule has 0 saturated heterocycles. The summed E-state index contributed by atoms with van der Waals surface area (Å²) in [5.41, 5.74) is 0. The zero-order valence-electron chi connectivity index (χ0n) is 16.6. The van der Waals surface area contributed by atoms with Crippen LogP contribution < -0.4 is 0 Å². The van der Waals surface area contributed by atoms with Crippen molar-refractivity contribution >= 4 is 5.97 Å². The van der Waals surface area contributed by atoms with Gasteiger partial charge in [-0.1, -0.05) is 96.1 Å². The van der Waals surface area contributed by atoms with Gasteiger partial charge < -0.3 is 10.2 Å². The molecule has 0 aromatic carbocycles. The number of aliphatic carboxylic acids is 1. The first-order chi connectivity index (χ1) is 12.2. The van der Waals surface area contributed by atoms with E-state index in [1.165, 1.54) is 64.2 Å². The average molecular weight is 355 g/mol. The predicted octanol–water partition coefficient (Wildman–Crippen LogP) is 6.64. The molecule has 3 nitrogen and oxygen atoms in total. The molecular formula is C22H42O3. The number of hydrogen-bond donors (Lipinski definition) is 2. The number of unbranched alkanes of at least 4 members (excludes halogenated alkanes) is 12. The van der Waals surface area contributed by atoms with E-state index >= 15 is 0 Å². The molecule has 2 N–H and O–H groups in total. The minimum Gasteiger partial charge on any atom is -0.481 e. The first kappa shape index (κ1) is 24.2. The highest BCUT2D eigenvalue weighted by Crippen LogP contribution is 2.13. The summed E-state index contributed by atoms with van der Waals surface area (Å²) in [6.45, 7) is 2.20. The Hall–Kier alpha value is -0.830. The second kappa shape index (κ2) is 19.5. The fourth-order valence-corrected chi connectivity index (χ4v) is 3.06. The summed E-state index contributed by atoms with van der Waals surface area (Å²) in [5, 5.41) is 18.5. The molecule has 0 radical (unpaired) electrons. The molecular weight excluding hydrogens is 312 g/mol. The Balaban J connectivity index is 3.18. The van der Waals surface area contributed by atoms with Crippen LogP contribution in [0.4, 0.5) is 0 Å². The van der Waals surface area contributed by atoms with E-state index in [4.69, 9.17) is 5.11 Å². The molecule has 0 aliphatic rings. The van der Waals surface area contributed by atoms with Gasteiger partial charge in [-0.3, -0.25) is 4.79 Å². The van der Waals surface area contributed by atoms with Crippen molar-refractivity contribution in [1.29, 1.82) is 0 Å². The molecule has 0 spiro atoms. The monoisotopic (exact) mass is 354 g/mol. The van der Waals surface area contributed by atoms with Crippen molar-refractivity contribution in [3.63, 3.8) is 0 Å². The Bertz CT molecular complexity index is 312. The maximum Gasteiger partial charge on any atom is 0.303 e. The first-order valence-corrected chi connectivity index (χ1v) is 10.7. The lowest BCUT2D eigenvalue weighted by Crippen LogP contribution is -2.04. The van der Waals surface area contributed by atoms with Crippen molar-refractivity contribution in [2.75, 3.05) is 0 Å². The van der Waals surface area contributed by atoms with Gasteiger partial charge in [-0.2, -0.15) is 0 Å². The molecule has 0 fully saturated rings. The Morgan fingerprint density at radius 1 is 0.800 bits per heavy atom. The van der Waals surface area contributed by atoms with Gasteiger partial charge in [0.05, 0.1) is 6.10 Å². The van der Waals surface area contributed by atoms with Gasteiger partial charge in [-0.15, -0.1) is 0 Å². The van der Waals surface area contributed by atoms with Crippen molar-refractivity contribution < 1.29 is 15.0 Å². The third-order valence-corrected chi connectivity index (χ3v) is 4.73. The van der Waals surface area contributed by atoms with Crippen LogP contribution in [0.25, 0.3) is 0 Å². The van der Waals surface area contributed by atoms with Crippen molar-refractivity contribution in [1.82, 2.24) is 0 Å². The van der Waals surface area contributed by atoms with Crippen LogP contribution in [0.5, 0.6) is 0 Å².